The molecule has 0 radical (unpaired) electrons. The Balaban J connectivity index is 1.63. The molecular weight excluding hydrogens is 358 g/mol. The Labute approximate surface area is 163 Å². The lowest BCUT2D eigenvalue weighted by atomic mass is 10.1. The average molecular weight is 379 g/mol. The van der Waals surface area contributed by atoms with E-state index in [-0.39, 0.29) is 5.91 Å². The zero-order chi connectivity index (χ0) is 19.2. The van der Waals surface area contributed by atoms with Crippen LogP contribution in [0.5, 0.6) is 5.75 Å². The molecule has 0 aliphatic rings. The maximum absolute atomic E-state index is 12.5. The third kappa shape index (κ3) is 5.08. The zero-order valence-electron chi connectivity index (χ0n) is 15.5. The van der Waals surface area contributed by atoms with Crippen molar-refractivity contribution in [2.24, 2.45) is 0 Å². The van der Waals surface area contributed by atoms with Gasteiger partial charge < -0.3 is 10.1 Å². The fourth-order valence-electron chi connectivity index (χ4n) is 2.60. The smallest absolute Gasteiger partial charge is 0.255 e. The van der Waals surface area contributed by atoms with Crippen LogP contribution in [0.4, 0.5) is 5.69 Å². The number of rotatable bonds is 6. The zero-order valence-corrected chi connectivity index (χ0v) is 16.3. The van der Waals surface area contributed by atoms with Crippen LogP contribution in [0.25, 0.3) is 0 Å². The van der Waals surface area contributed by atoms with E-state index < -0.39 is 0 Å². The Morgan fingerprint density at radius 3 is 2.37 bits per heavy atom. The van der Waals surface area contributed by atoms with Crippen LogP contribution in [0, 0.1) is 13.8 Å². The first-order valence-corrected chi connectivity index (χ1v) is 9.52. The molecule has 0 aliphatic carbocycles. The number of benzene rings is 2. The van der Waals surface area contributed by atoms with Crippen LogP contribution in [0.1, 0.15) is 27.3 Å². The SMILES string of the molecule is COc1ccccc1NC(=O)c1ccc(CSc2nc(C)cc(C)n2)cc1. The monoisotopic (exact) mass is 379 g/mol. The molecule has 0 aliphatic heterocycles. The van der Waals surface area contributed by atoms with Crippen LogP contribution in [-0.2, 0) is 5.75 Å². The first-order valence-electron chi connectivity index (χ1n) is 8.53. The van der Waals surface area contributed by atoms with Gasteiger partial charge in [0.15, 0.2) is 5.16 Å². The Kier molecular flexibility index (Phi) is 6.08. The topological polar surface area (TPSA) is 64.1 Å². The standard InChI is InChI=1S/C21H21N3O2S/c1-14-12-15(2)23-21(22-14)27-13-16-8-10-17(11-9-16)20(25)24-18-6-4-5-7-19(18)26-3/h4-12H,13H2,1-3H3,(H,24,25). The molecule has 0 spiro atoms. The molecule has 0 unspecified atom stereocenters. The highest BCUT2D eigenvalue weighted by atomic mass is 32.2. The Hall–Kier alpha value is -2.86. The second kappa shape index (κ2) is 8.68. The van der Waals surface area contributed by atoms with Gasteiger partial charge in [-0.05, 0) is 49.7 Å². The number of nitrogens with one attached hydrogen (secondary N) is 1. The number of carbonyl (C=O) groups excluding carboxylic acids is 1. The lowest BCUT2D eigenvalue weighted by molar-refractivity contribution is 0.102. The number of nitrogens with zero attached hydrogens (tertiary/aromatic N) is 2. The summed E-state index contributed by atoms with van der Waals surface area (Å²) in [7, 11) is 1.58. The van der Waals surface area contributed by atoms with Crippen molar-refractivity contribution < 1.29 is 9.53 Å². The van der Waals surface area contributed by atoms with Gasteiger partial charge in [0.05, 0.1) is 12.8 Å². The Bertz CT molecular complexity index is 922. The van der Waals surface area contributed by atoms with Crippen molar-refractivity contribution in [2.75, 3.05) is 12.4 Å². The molecule has 6 heteroatoms. The molecule has 1 heterocycles. The quantitative estimate of drug-likeness (QED) is 0.499. The van der Waals surface area contributed by atoms with Gasteiger partial charge in [-0.3, -0.25) is 4.79 Å². The van der Waals surface area contributed by atoms with Crippen molar-refractivity contribution in [3.8, 4) is 5.75 Å². The maximum Gasteiger partial charge on any atom is 0.255 e. The predicted octanol–water partition coefficient (Wildman–Crippen LogP) is 4.65. The molecule has 3 rings (SSSR count). The molecule has 3 aromatic rings. The van der Waals surface area contributed by atoms with Crippen molar-refractivity contribution in [2.45, 2.75) is 24.8 Å². The minimum atomic E-state index is -0.170. The second-order valence-electron chi connectivity index (χ2n) is 6.07. The highest BCUT2D eigenvalue weighted by molar-refractivity contribution is 7.98. The fourth-order valence-corrected chi connectivity index (χ4v) is 3.51. The number of para-hydroxylation sites is 2. The van der Waals surface area contributed by atoms with Gasteiger partial charge >= 0.3 is 0 Å². The molecule has 5 nitrogen and oxygen atoms in total. The van der Waals surface area contributed by atoms with Gasteiger partial charge in [-0.15, -0.1) is 0 Å². The number of carbonyl (C=O) groups is 1. The number of thioether (sulfide) groups is 1. The minimum Gasteiger partial charge on any atom is -0.495 e. The molecule has 0 saturated heterocycles. The highest BCUT2D eigenvalue weighted by Gasteiger charge is 2.09. The summed E-state index contributed by atoms with van der Waals surface area (Å²) in [6, 6.07) is 16.8. The van der Waals surface area contributed by atoms with E-state index in [1.165, 1.54) is 0 Å². The van der Waals surface area contributed by atoms with Crippen molar-refractivity contribution in [1.29, 1.82) is 0 Å². The average Bonchev–Trinajstić information content (AvgIpc) is 2.66. The number of hydrogen-bond acceptors (Lipinski definition) is 5. The Morgan fingerprint density at radius 1 is 1.04 bits per heavy atom. The number of amides is 1. The van der Waals surface area contributed by atoms with E-state index >= 15 is 0 Å². The van der Waals surface area contributed by atoms with Gasteiger partial charge in [0, 0.05) is 22.7 Å². The Morgan fingerprint density at radius 2 is 1.70 bits per heavy atom. The number of aryl methyl sites for hydroxylation is 2. The number of aromatic nitrogens is 2. The normalized spacial score (nSPS) is 10.5. The lowest BCUT2D eigenvalue weighted by Gasteiger charge is -2.10. The summed E-state index contributed by atoms with van der Waals surface area (Å²) in [4.78, 5) is 21.3. The first-order chi connectivity index (χ1) is 13.0. The van der Waals surface area contributed by atoms with Gasteiger partial charge in [-0.1, -0.05) is 36.0 Å². The van der Waals surface area contributed by atoms with Crippen LogP contribution in [0.3, 0.4) is 0 Å². The van der Waals surface area contributed by atoms with Crippen LogP contribution in [-0.4, -0.2) is 23.0 Å². The maximum atomic E-state index is 12.5. The van der Waals surface area contributed by atoms with E-state index in [9.17, 15) is 4.79 Å². The van der Waals surface area contributed by atoms with Gasteiger partial charge in [-0.2, -0.15) is 0 Å². The number of methoxy groups -OCH3 is 1. The van der Waals surface area contributed by atoms with E-state index in [2.05, 4.69) is 15.3 Å². The first kappa shape index (κ1) is 18.9. The van der Waals surface area contributed by atoms with Crippen molar-refractivity contribution >= 4 is 23.4 Å². The molecular formula is C21H21N3O2S. The van der Waals surface area contributed by atoms with E-state index in [0.29, 0.717) is 17.0 Å². The summed E-state index contributed by atoms with van der Waals surface area (Å²) in [5.41, 5.74) is 4.28. The van der Waals surface area contributed by atoms with E-state index in [0.717, 1.165) is 27.9 Å². The molecule has 27 heavy (non-hydrogen) atoms. The molecule has 0 bridgehead atoms. The molecule has 0 fully saturated rings. The van der Waals surface area contributed by atoms with Gasteiger partial charge in [-0.25, -0.2) is 9.97 Å². The predicted molar refractivity (Wildman–Crippen MR) is 108 cm³/mol. The third-order valence-electron chi connectivity index (χ3n) is 3.90. The molecule has 1 aromatic heterocycles. The van der Waals surface area contributed by atoms with Crippen LogP contribution in [0.2, 0.25) is 0 Å². The molecule has 2 aromatic carbocycles. The van der Waals surface area contributed by atoms with E-state index in [1.807, 2.05) is 68.4 Å². The van der Waals surface area contributed by atoms with Gasteiger partial charge in [0.1, 0.15) is 5.75 Å². The summed E-state index contributed by atoms with van der Waals surface area (Å²) < 4.78 is 5.26. The van der Waals surface area contributed by atoms with Crippen LogP contribution < -0.4 is 10.1 Å². The second-order valence-corrected chi connectivity index (χ2v) is 7.02. The summed E-state index contributed by atoms with van der Waals surface area (Å²) >= 11 is 1.58. The van der Waals surface area contributed by atoms with E-state index in [1.54, 1.807) is 18.9 Å². The number of ether oxygens (including phenoxy) is 1. The highest BCUT2D eigenvalue weighted by Crippen LogP contribution is 2.24. The van der Waals surface area contributed by atoms with Crippen LogP contribution in [0.15, 0.2) is 59.8 Å². The third-order valence-corrected chi connectivity index (χ3v) is 4.82. The van der Waals surface area contributed by atoms with Crippen molar-refractivity contribution in [3.63, 3.8) is 0 Å². The van der Waals surface area contributed by atoms with Gasteiger partial charge in [0.25, 0.3) is 5.91 Å². The van der Waals surface area contributed by atoms with Crippen molar-refractivity contribution in [1.82, 2.24) is 9.97 Å². The molecule has 138 valence electrons. The van der Waals surface area contributed by atoms with E-state index in [4.69, 9.17) is 4.74 Å². The summed E-state index contributed by atoms with van der Waals surface area (Å²) in [5.74, 6) is 1.21. The largest absolute Gasteiger partial charge is 0.495 e. The minimum absolute atomic E-state index is 0.170. The summed E-state index contributed by atoms with van der Waals surface area (Å²) in [6.45, 7) is 3.93. The molecule has 1 amide bonds. The lowest BCUT2D eigenvalue weighted by Crippen LogP contribution is -2.12. The number of anilines is 1. The molecule has 1 N–H and O–H groups in total. The van der Waals surface area contributed by atoms with Gasteiger partial charge in [0.2, 0.25) is 0 Å². The summed E-state index contributed by atoms with van der Waals surface area (Å²) in [5, 5.41) is 3.65. The van der Waals surface area contributed by atoms with Crippen molar-refractivity contribution in [3.05, 3.63) is 77.1 Å². The molecule has 0 saturated carbocycles. The fraction of sp³-hybridized carbons (Fsp3) is 0.190. The summed E-state index contributed by atoms with van der Waals surface area (Å²) in [6.07, 6.45) is 0. The van der Waals surface area contributed by atoms with Crippen LogP contribution >= 0.6 is 11.8 Å². The number of hydrogen-bond donors (Lipinski definition) is 1. The molecule has 0 atom stereocenters.